The maximum Gasteiger partial charge on any atom is 0.234 e. The van der Waals surface area contributed by atoms with E-state index in [0.29, 0.717) is 16.8 Å². The molecule has 2 aliphatic heterocycles. The number of epoxide rings is 1. The molecule has 0 aliphatic carbocycles. The van der Waals surface area contributed by atoms with Crippen molar-refractivity contribution in [3.63, 3.8) is 0 Å². The fourth-order valence-corrected chi connectivity index (χ4v) is 3.40. The van der Waals surface area contributed by atoms with Gasteiger partial charge in [-0.15, -0.1) is 10.2 Å². The van der Waals surface area contributed by atoms with E-state index in [4.69, 9.17) is 4.74 Å². The first-order valence-electron chi connectivity index (χ1n) is 6.96. The van der Waals surface area contributed by atoms with E-state index in [0.717, 1.165) is 18.5 Å². The van der Waals surface area contributed by atoms with Gasteiger partial charge in [0.05, 0.1) is 5.69 Å². The highest BCUT2D eigenvalue weighted by Crippen LogP contribution is 2.49. The molecule has 0 N–H and O–H groups in total. The second-order valence-electron chi connectivity index (χ2n) is 5.14. The number of benzene rings is 1. The first kappa shape index (κ1) is 13.1. The zero-order valence-electron chi connectivity index (χ0n) is 11.8. The van der Waals surface area contributed by atoms with Gasteiger partial charge in [0.2, 0.25) is 5.95 Å². The number of para-hydroxylation sites is 1. The third-order valence-corrected chi connectivity index (χ3v) is 4.47. The SMILES string of the molecule is CCCN1c2nnc(SC)n2-c2c(F)cccc2C2OC21. The molecule has 3 heterocycles. The molecule has 0 saturated carbocycles. The van der Waals surface area contributed by atoms with Crippen molar-refractivity contribution in [1.29, 1.82) is 0 Å². The maximum atomic E-state index is 14.5. The second kappa shape index (κ2) is 4.71. The number of aromatic nitrogens is 3. The predicted octanol–water partition coefficient (Wildman–Crippen LogP) is 2.76. The molecule has 4 rings (SSSR count). The first-order valence-corrected chi connectivity index (χ1v) is 8.19. The number of nitrogens with zero attached hydrogens (tertiary/aromatic N) is 4. The van der Waals surface area contributed by atoms with Crippen LogP contribution in [0.2, 0.25) is 0 Å². The highest BCUT2D eigenvalue weighted by Gasteiger charge is 2.50. The molecular weight excluding hydrogens is 291 g/mol. The molecule has 1 aromatic heterocycles. The number of halogens is 1. The Bertz CT molecular complexity index is 704. The quantitative estimate of drug-likeness (QED) is 0.644. The van der Waals surface area contributed by atoms with Gasteiger partial charge in [0.1, 0.15) is 11.9 Å². The number of anilines is 1. The Labute approximate surface area is 126 Å². The van der Waals surface area contributed by atoms with Gasteiger partial charge in [-0.25, -0.2) is 4.39 Å². The van der Waals surface area contributed by atoms with Crippen LogP contribution in [0.3, 0.4) is 0 Å². The molecule has 21 heavy (non-hydrogen) atoms. The van der Waals surface area contributed by atoms with Gasteiger partial charge in [-0.05, 0) is 18.7 Å². The summed E-state index contributed by atoms with van der Waals surface area (Å²) in [6.07, 6.45) is 2.74. The van der Waals surface area contributed by atoms with Crippen LogP contribution in [0.4, 0.5) is 10.3 Å². The van der Waals surface area contributed by atoms with Gasteiger partial charge >= 0.3 is 0 Å². The van der Waals surface area contributed by atoms with Crippen molar-refractivity contribution in [2.24, 2.45) is 0 Å². The number of thioether (sulfide) groups is 1. The highest BCUT2D eigenvalue weighted by atomic mass is 32.2. The van der Waals surface area contributed by atoms with Crippen LogP contribution in [0, 0.1) is 5.82 Å². The Kier molecular flexibility index (Phi) is 2.93. The van der Waals surface area contributed by atoms with E-state index in [-0.39, 0.29) is 18.1 Å². The summed E-state index contributed by atoms with van der Waals surface area (Å²) in [5.41, 5.74) is 1.39. The number of ether oxygens (including phenoxy) is 1. The van der Waals surface area contributed by atoms with Crippen molar-refractivity contribution in [2.45, 2.75) is 30.8 Å². The van der Waals surface area contributed by atoms with Crippen LogP contribution in [0.15, 0.2) is 23.4 Å². The molecule has 110 valence electrons. The van der Waals surface area contributed by atoms with E-state index < -0.39 is 0 Å². The molecule has 0 amide bonds. The van der Waals surface area contributed by atoms with E-state index in [2.05, 4.69) is 22.0 Å². The summed E-state index contributed by atoms with van der Waals surface area (Å²) in [7, 11) is 0. The Morgan fingerprint density at radius 3 is 3.00 bits per heavy atom. The van der Waals surface area contributed by atoms with Crippen LogP contribution in [-0.2, 0) is 4.74 Å². The summed E-state index contributed by atoms with van der Waals surface area (Å²) < 4.78 is 22.1. The smallest absolute Gasteiger partial charge is 0.234 e. The van der Waals surface area contributed by atoms with Crippen molar-refractivity contribution < 1.29 is 9.13 Å². The molecule has 0 bridgehead atoms. The summed E-state index contributed by atoms with van der Waals surface area (Å²) in [5, 5.41) is 9.16. The van der Waals surface area contributed by atoms with E-state index in [1.807, 2.05) is 16.9 Å². The molecule has 2 aliphatic rings. The van der Waals surface area contributed by atoms with Gasteiger partial charge in [-0.2, -0.15) is 0 Å². The van der Waals surface area contributed by atoms with Gasteiger partial charge in [0.15, 0.2) is 11.4 Å². The Morgan fingerprint density at radius 2 is 2.24 bits per heavy atom. The lowest BCUT2D eigenvalue weighted by molar-refractivity contribution is 0.361. The van der Waals surface area contributed by atoms with Crippen molar-refractivity contribution in [3.05, 3.63) is 29.6 Å². The van der Waals surface area contributed by atoms with Gasteiger partial charge < -0.3 is 9.64 Å². The summed E-state index contributed by atoms with van der Waals surface area (Å²) >= 11 is 1.46. The molecule has 5 nitrogen and oxygen atoms in total. The second-order valence-corrected chi connectivity index (χ2v) is 5.91. The molecule has 0 radical (unpaired) electrons. The number of hydrogen-bond donors (Lipinski definition) is 0. The fourth-order valence-electron chi connectivity index (χ4n) is 2.92. The third kappa shape index (κ3) is 1.80. The average Bonchev–Trinajstić information content (AvgIpc) is 3.18. The number of hydrogen-bond acceptors (Lipinski definition) is 5. The summed E-state index contributed by atoms with van der Waals surface area (Å²) in [6, 6.07) is 5.12. The lowest BCUT2D eigenvalue weighted by Crippen LogP contribution is -2.29. The lowest BCUT2D eigenvalue weighted by Gasteiger charge is -2.20. The molecule has 1 aromatic carbocycles. The zero-order chi connectivity index (χ0) is 14.6. The van der Waals surface area contributed by atoms with Crippen molar-refractivity contribution >= 4 is 17.7 Å². The minimum absolute atomic E-state index is 0.0642. The van der Waals surface area contributed by atoms with Crippen LogP contribution < -0.4 is 4.90 Å². The standard InChI is InChI=1S/C14H15FN4OS/c1-3-7-18-12-11(20-12)8-5-4-6-9(15)10(8)19-13(18)16-17-14(19)21-2/h4-6,11-12H,3,7H2,1-2H3. The average molecular weight is 306 g/mol. The molecule has 2 unspecified atom stereocenters. The van der Waals surface area contributed by atoms with Gasteiger partial charge in [0, 0.05) is 12.1 Å². The van der Waals surface area contributed by atoms with Crippen LogP contribution in [0.1, 0.15) is 25.0 Å². The molecule has 2 atom stereocenters. The Morgan fingerprint density at radius 1 is 1.38 bits per heavy atom. The third-order valence-electron chi connectivity index (χ3n) is 3.84. The van der Waals surface area contributed by atoms with Gasteiger partial charge in [0.25, 0.3) is 0 Å². The van der Waals surface area contributed by atoms with Gasteiger partial charge in [-0.1, -0.05) is 30.8 Å². The minimum Gasteiger partial charge on any atom is -0.342 e. The van der Waals surface area contributed by atoms with Crippen LogP contribution in [0.25, 0.3) is 5.69 Å². The van der Waals surface area contributed by atoms with Crippen LogP contribution in [0.5, 0.6) is 0 Å². The van der Waals surface area contributed by atoms with Crippen molar-refractivity contribution in [3.8, 4) is 5.69 Å². The van der Waals surface area contributed by atoms with Crippen molar-refractivity contribution in [1.82, 2.24) is 14.8 Å². The van der Waals surface area contributed by atoms with E-state index in [1.165, 1.54) is 17.8 Å². The summed E-state index contributed by atoms with van der Waals surface area (Å²) in [5.74, 6) is 0.397. The number of rotatable bonds is 3. The van der Waals surface area contributed by atoms with Crippen LogP contribution in [-0.4, -0.2) is 33.8 Å². The molecule has 1 fully saturated rings. The van der Waals surface area contributed by atoms with Crippen molar-refractivity contribution in [2.75, 3.05) is 17.7 Å². The monoisotopic (exact) mass is 306 g/mol. The van der Waals surface area contributed by atoms with Gasteiger partial charge in [-0.3, -0.25) is 4.57 Å². The van der Waals surface area contributed by atoms with E-state index in [1.54, 1.807) is 6.07 Å². The molecule has 7 heteroatoms. The first-order chi connectivity index (χ1) is 10.3. The molecular formula is C14H15FN4OS. The predicted molar refractivity (Wildman–Crippen MR) is 78.3 cm³/mol. The lowest BCUT2D eigenvalue weighted by atomic mass is 10.1. The zero-order valence-corrected chi connectivity index (χ0v) is 12.6. The molecule has 1 saturated heterocycles. The largest absolute Gasteiger partial charge is 0.342 e. The summed E-state index contributed by atoms with van der Waals surface area (Å²) in [6.45, 7) is 2.91. The summed E-state index contributed by atoms with van der Waals surface area (Å²) in [4.78, 5) is 2.08. The topological polar surface area (TPSA) is 46.5 Å². The Balaban J connectivity index is 1.99. The van der Waals surface area contributed by atoms with Crippen LogP contribution >= 0.6 is 11.8 Å². The molecule has 0 spiro atoms. The fraction of sp³-hybridized carbons (Fsp3) is 0.429. The number of fused-ring (bicyclic) bond motifs is 5. The van der Waals surface area contributed by atoms with E-state index in [9.17, 15) is 4.39 Å². The maximum absolute atomic E-state index is 14.5. The highest BCUT2D eigenvalue weighted by molar-refractivity contribution is 7.98. The Hall–Kier alpha value is -1.60. The minimum atomic E-state index is -0.267. The van der Waals surface area contributed by atoms with E-state index >= 15 is 0 Å². The molecule has 2 aromatic rings. The normalized spacial score (nSPS) is 22.3.